The van der Waals surface area contributed by atoms with Gasteiger partial charge < -0.3 is 9.80 Å². The normalized spacial score (nSPS) is 14.4. The molecule has 0 unspecified atom stereocenters. The number of amides is 1. The second-order valence-electron chi connectivity index (χ2n) is 6.61. The second kappa shape index (κ2) is 7.48. The van der Waals surface area contributed by atoms with Crippen LogP contribution in [0.25, 0.3) is 10.6 Å². The smallest absolute Gasteiger partial charge is 0.253 e. The van der Waals surface area contributed by atoms with E-state index in [1.165, 1.54) is 6.07 Å². The van der Waals surface area contributed by atoms with Crippen LogP contribution in [0.15, 0.2) is 53.9 Å². The predicted octanol–water partition coefficient (Wildman–Crippen LogP) is 4.22. The van der Waals surface area contributed by atoms with Crippen molar-refractivity contribution in [3.63, 3.8) is 0 Å². The molecule has 0 N–H and O–H groups in total. The van der Waals surface area contributed by atoms with Crippen LogP contribution in [-0.4, -0.2) is 42.0 Å². The van der Waals surface area contributed by atoms with Crippen LogP contribution in [0.4, 0.5) is 10.1 Å². The molecule has 0 atom stereocenters. The van der Waals surface area contributed by atoms with Gasteiger partial charge in [0, 0.05) is 48.4 Å². The molecule has 1 amide bonds. The summed E-state index contributed by atoms with van der Waals surface area (Å²) in [5, 5.41) is 2.93. The van der Waals surface area contributed by atoms with Crippen LogP contribution in [-0.2, 0) is 0 Å². The van der Waals surface area contributed by atoms with Gasteiger partial charge in [-0.15, -0.1) is 11.3 Å². The zero-order chi connectivity index (χ0) is 18.8. The Balaban J connectivity index is 1.46. The zero-order valence-electron chi connectivity index (χ0n) is 15.1. The van der Waals surface area contributed by atoms with Crippen LogP contribution in [0, 0.1) is 12.7 Å². The quantitative estimate of drug-likeness (QED) is 0.682. The fraction of sp³-hybridized carbons (Fsp3) is 0.238. The van der Waals surface area contributed by atoms with Crippen molar-refractivity contribution in [3.05, 3.63) is 71.0 Å². The molecular weight excluding hydrogens is 361 g/mol. The summed E-state index contributed by atoms with van der Waals surface area (Å²) in [5.41, 5.74) is 3.21. The molecule has 0 saturated carbocycles. The molecule has 2 aromatic carbocycles. The fourth-order valence-corrected chi connectivity index (χ4v) is 4.11. The average Bonchev–Trinajstić information content (AvgIpc) is 3.14. The zero-order valence-corrected chi connectivity index (χ0v) is 15.9. The number of nitrogens with zero attached hydrogens (tertiary/aromatic N) is 3. The molecule has 1 saturated heterocycles. The van der Waals surface area contributed by atoms with Gasteiger partial charge in [0.15, 0.2) is 0 Å². The number of halogens is 1. The van der Waals surface area contributed by atoms with Gasteiger partial charge in [0.25, 0.3) is 5.91 Å². The predicted molar refractivity (Wildman–Crippen MR) is 107 cm³/mol. The lowest BCUT2D eigenvalue weighted by atomic mass is 10.1. The van der Waals surface area contributed by atoms with Crippen molar-refractivity contribution in [1.29, 1.82) is 0 Å². The number of carbonyl (C=O) groups is 1. The van der Waals surface area contributed by atoms with Crippen molar-refractivity contribution in [2.24, 2.45) is 0 Å². The largest absolute Gasteiger partial charge is 0.366 e. The van der Waals surface area contributed by atoms with Gasteiger partial charge in [-0.3, -0.25) is 4.79 Å². The first kappa shape index (κ1) is 17.7. The van der Waals surface area contributed by atoms with Gasteiger partial charge in [-0.1, -0.05) is 24.3 Å². The van der Waals surface area contributed by atoms with Crippen molar-refractivity contribution in [1.82, 2.24) is 9.88 Å². The molecule has 138 valence electrons. The Hall–Kier alpha value is -2.73. The Labute approximate surface area is 161 Å². The van der Waals surface area contributed by atoms with Gasteiger partial charge in [0.2, 0.25) is 0 Å². The van der Waals surface area contributed by atoms with E-state index >= 15 is 0 Å². The summed E-state index contributed by atoms with van der Waals surface area (Å²) >= 11 is 1.58. The summed E-state index contributed by atoms with van der Waals surface area (Å²) in [6, 6.07) is 14.4. The Kier molecular flexibility index (Phi) is 4.90. The van der Waals surface area contributed by atoms with Gasteiger partial charge >= 0.3 is 0 Å². The SMILES string of the molecule is Cc1csc(-c2cccc(C(=O)N3CCN(c4ccccc4F)CC3)c2)n1. The van der Waals surface area contributed by atoms with Crippen molar-refractivity contribution in [2.45, 2.75) is 6.92 Å². The molecule has 3 aromatic rings. The summed E-state index contributed by atoms with van der Waals surface area (Å²) < 4.78 is 14.0. The van der Waals surface area contributed by atoms with E-state index in [9.17, 15) is 9.18 Å². The first-order valence-electron chi connectivity index (χ1n) is 8.93. The van der Waals surface area contributed by atoms with Crippen LogP contribution in [0.5, 0.6) is 0 Å². The standard InChI is InChI=1S/C21H20FN3OS/c1-15-14-27-20(23-15)16-5-4-6-17(13-16)21(26)25-11-9-24(10-12-25)19-8-3-2-7-18(19)22/h2-8,13-14H,9-12H2,1H3. The minimum Gasteiger partial charge on any atom is -0.366 e. The molecule has 0 radical (unpaired) electrons. The number of piperazine rings is 1. The Morgan fingerprint density at radius 3 is 2.56 bits per heavy atom. The Morgan fingerprint density at radius 2 is 1.85 bits per heavy atom. The van der Waals surface area contributed by atoms with E-state index in [0.29, 0.717) is 37.4 Å². The Bertz CT molecular complexity index is 963. The molecule has 1 fully saturated rings. The molecule has 6 heteroatoms. The van der Waals surface area contributed by atoms with E-state index in [1.807, 2.05) is 52.4 Å². The molecule has 27 heavy (non-hydrogen) atoms. The molecule has 1 aliphatic heterocycles. The first-order valence-corrected chi connectivity index (χ1v) is 9.81. The van der Waals surface area contributed by atoms with Crippen LogP contribution in [0.1, 0.15) is 16.1 Å². The summed E-state index contributed by atoms with van der Waals surface area (Å²) in [6.07, 6.45) is 0. The second-order valence-corrected chi connectivity index (χ2v) is 7.46. The summed E-state index contributed by atoms with van der Waals surface area (Å²) in [5.74, 6) is -0.206. The summed E-state index contributed by atoms with van der Waals surface area (Å²) in [4.78, 5) is 21.2. The Morgan fingerprint density at radius 1 is 1.07 bits per heavy atom. The third kappa shape index (κ3) is 3.71. The summed E-state index contributed by atoms with van der Waals surface area (Å²) in [7, 11) is 0. The van der Waals surface area contributed by atoms with Crippen LogP contribution in [0.3, 0.4) is 0 Å². The monoisotopic (exact) mass is 381 g/mol. The van der Waals surface area contributed by atoms with Crippen LogP contribution < -0.4 is 4.90 Å². The number of aryl methyl sites for hydroxylation is 1. The number of para-hydroxylation sites is 1. The lowest BCUT2D eigenvalue weighted by molar-refractivity contribution is 0.0746. The molecule has 1 aromatic heterocycles. The molecule has 0 aliphatic carbocycles. The molecule has 2 heterocycles. The van der Waals surface area contributed by atoms with E-state index < -0.39 is 0 Å². The minimum absolute atomic E-state index is 0.0123. The third-order valence-corrected chi connectivity index (χ3v) is 5.74. The molecular formula is C21H20FN3OS. The van der Waals surface area contributed by atoms with Crippen molar-refractivity contribution in [2.75, 3.05) is 31.1 Å². The molecule has 1 aliphatic rings. The fourth-order valence-electron chi connectivity index (χ4n) is 3.31. The van der Waals surface area contributed by atoms with Gasteiger partial charge in [-0.05, 0) is 31.2 Å². The first-order chi connectivity index (χ1) is 13.1. The lowest BCUT2D eigenvalue weighted by Crippen LogP contribution is -2.49. The number of hydrogen-bond acceptors (Lipinski definition) is 4. The highest BCUT2D eigenvalue weighted by atomic mass is 32.1. The van der Waals surface area contributed by atoms with Gasteiger partial charge in [-0.2, -0.15) is 0 Å². The summed E-state index contributed by atoms with van der Waals surface area (Å²) in [6.45, 7) is 4.36. The number of hydrogen-bond donors (Lipinski definition) is 0. The molecule has 0 spiro atoms. The van der Waals surface area contributed by atoms with E-state index in [1.54, 1.807) is 23.5 Å². The van der Waals surface area contributed by atoms with E-state index in [2.05, 4.69) is 4.98 Å². The van der Waals surface area contributed by atoms with Crippen molar-refractivity contribution >= 4 is 22.9 Å². The highest BCUT2D eigenvalue weighted by Gasteiger charge is 2.23. The van der Waals surface area contributed by atoms with Crippen molar-refractivity contribution < 1.29 is 9.18 Å². The average molecular weight is 381 g/mol. The van der Waals surface area contributed by atoms with Crippen molar-refractivity contribution in [3.8, 4) is 10.6 Å². The maximum atomic E-state index is 14.0. The van der Waals surface area contributed by atoms with Gasteiger partial charge in [0.1, 0.15) is 10.8 Å². The number of aromatic nitrogens is 1. The topological polar surface area (TPSA) is 36.4 Å². The van der Waals surface area contributed by atoms with Crippen LogP contribution in [0.2, 0.25) is 0 Å². The van der Waals surface area contributed by atoms with E-state index in [4.69, 9.17) is 0 Å². The number of rotatable bonds is 3. The molecule has 0 bridgehead atoms. The third-order valence-electron chi connectivity index (χ3n) is 4.74. The molecule has 4 nitrogen and oxygen atoms in total. The minimum atomic E-state index is -0.219. The number of anilines is 1. The van der Waals surface area contributed by atoms with E-state index in [0.717, 1.165) is 16.3 Å². The number of carbonyl (C=O) groups excluding carboxylic acids is 1. The highest BCUT2D eigenvalue weighted by molar-refractivity contribution is 7.13. The lowest BCUT2D eigenvalue weighted by Gasteiger charge is -2.36. The maximum Gasteiger partial charge on any atom is 0.253 e. The van der Waals surface area contributed by atoms with Gasteiger partial charge in [-0.25, -0.2) is 9.37 Å². The molecule has 4 rings (SSSR count). The van der Waals surface area contributed by atoms with Crippen LogP contribution >= 0.6 is 11.3 Å². The van der Waals surface area contributed by atoms with Gasteiger partial charge in [0.05, 0.1) is 5.69 Å². The number of thiazole rings is 1. The number of benzene rings is 2. The highest BCUT2D eigenvalue weighted by Crippen LogP contribution is 2.25. The maximum absolute atomic E-state index is 14.0. The van der Waals surface area contributed by atoms with E-state index in [-0.39, 0.29) is 11.7 Å².